The molecule has 4 heteroatoms. The van der Waals surface area contributed by atoms with E-state index in [2.05, 4.69) is 6.92 Å². The fourth-order valence-electron chi connectivity index (χ4n) is 2.09. The van der Waals surface area contributed by atoms with E-state index in [0.717, 1.165) is 30.2 Å². The molecular weight excluding hydrogens is 248 g/mol. The fraction of sp³-hybridized carbons (Fsp3) is 0.571. The van der Waals surface area contributed by atoms with Crippen molar-refractivity contribution in [2.75, 3.05) is 6.61 Å². The van der Waals surface area contributed by atoms with Gasteiger partial charge in [-0.05, 0) is 50.2 Å². The molecule has 100 valence electrons. The Morgan fingerprint density at radius 3 is 2.44 bits per heavy atom. The van der Waals surface area contributed by atoms with Gasteiger partial charge in [0.2, 0.25) is 0 Å². The van der Waals surface area contributed by atoms with Crippen molar-refractivity contribution in [3.05, 3.63) is 29.8 Å². The molecule has 0 aliphatic heterocycles. The van der Waals surface area contributed by atoms with Crippen molar-refractivity contribution in [2.24, 2.45) is 11.8 Å². The van der Waals surface area contributed by atoms with Crippen molar-refractivity contribution in [1.29, 1.82) is 0 Å². The zero-order valence-electron chi connectivity index (χ0n) is 10.9. The third-order valence-corrected chi connectivity index (χ3v) is 4.87. The lowest BCUT2D eigenvalue weighted by molar-refractivity contribution is 0.304. The van der Waals surface area contributed by atoms with Gasteiger partial charge in [-0.25, -0.2) is 0 Å². The Hall–Kier alpha value is -0.870. The number of aryl methyl sites for hydroxylation is 1. The summed E-state index contributed by atoms with van der Waals surface area (Å²) in [7, 11) is -3.57. The monoisotopic (exact) mass is 268 g/mol. The summed E-state index contributed by atoms with van der Waals surface area (Å²) in [6, 6.07) is 6.74. The summed E-state index contributed by atoms with van der Waals surface area (Å²) in [4.78, 5) is 0.243. The molecule has 2 atom stereocenters. The highest BCUT2D eigenvalue weighted by Gasteiger charge is 2.31. The van der Waals surface area contributed by atoms with Crippen LogP contribution < -0.4 is 0 Å². The highest BCUT2D eigenvalue weighted by atomic mass is 32.2. The molecule has 1 aromatic carbocycles. The molecule has 18 heavy (non-hydrogen) atoms. The van der Waals surface area contributed by atoms with Gasteiger partial charge in [-0.3, -0.25) is 4.18 Å². The summed E-state index contributed by atoms with van der Waals surface area (Å²) in [6.07, 6.45) is 3.18. The third kappa shape index (κ3) is 3.56. The topological polar surface area (TPSA) is 43.4 Å². The van der Waals surface area contributed by atoms with Gasteiger partial charge in [-0.2, -0.15) is 8.42 Å². The van der Waals surface area contributed by atoms with Gasteiger partial charge in [0.05, 0.1) is 11.5 Å². The van der Waals surface area contributed by atoms with Crippen LogP contribution in [0, 0.1) is 18.8 Å². The van der Waals surface area contributed by atoms with Gasteiger partial charge in [-0.15, -0.1) is 0 Å². The molecule has 1 saturated carbocycles. The van der Waals surface area contributed by atoms with E-state index in [-0.39, 0.29) is 4.90 Å². The van der Waals surface area contributed by atoms with E-state index in [1.54, 1.807) is 24.3 Å². The maximum Gasteiger partial charge on any atom is 0.296 e. The van der Waals surface area contributed by atoms with Crippen LogP contribution in [0.2, 0.25) is 0 Å². The highest BCUT2D eigenvalue weighted by molar-refractivity contribution is 7.86. The molecule has 0 N–H and O–H groups in total. The molecule has 0 spiro atoms. The summed E-state index contributed by atoms with van der Waals surface area (Å²) in [5.41, 5.74) is 1.04. The Morgan fingerprint density at radius 1 is 1.28 bits per heavy atom. The summed E-state index contributed by atoms with van der Waals surface area (Å²) in [5, 5.41) is 0. The van der Waals surface area contributed by atoms with Crippen LogP contribution in [0.4, 0.5) is 0 Å². The Kier molecular flexibility index (Phi) is 4.07. The molecule has 0 heterocycles. The van der Waals surface area contributed by atoms with Gasteiger partial charge < -0.3 is 0 Å². The lowest BCUT2D eigenvalue weighted by atomic mass is 10.2. The van der Waals surface area contributed by atoms with Crippen molar-refractivity contribution >= 4 is 10.1 Å². The number of hydrogen-bond acceptors (Lipinski definition) is 3. The predicted molar refractivity (Wildman–Crippen MR) is 70.8 cm³/mol. The Bertz CT molecular complexity index is 490. The van der Waals surface area contributed by atoms with Crippen LogP contribution >= 0.6 is 0 Å². The van der Waals surface area contributed by atoms with Crippen molar-refractivity contribution in [3.63, 3.8) is 0 Å². The smallest absolute Gasteiger partial charge is 0.266 e. The SMILES string of the molecule is Cc1ccc(S(=O)(=O)OCCC[C@H]2C[C@H]2C)cc1. The van der Waals surface area contributed by atoms with Gasteiger partial charge in [0.25, 0.3) is 10.1 Å². The Balaban J connectivity index is 1.81. The molecule has 0 aromatic heterocycles. The number of rotatable bonds is 6. The molecule has 0 unspecified atom stereocenters. The normalized spacial score (nSPS) is 23.0. The van der Waals surface area contributed by atoms with Crippen LogP contribution in [0.25, 0.3) is 0 Å². The maximum atomic E-state index is 11.8. The van der Waals surface area contributed by atoms with Crippen molar-refractivity contribution in [3.8, 4) is 0 Å². The second-order valence-electron chi connectivity index (χ2n) is 5.20. The summed E-state index contributed by atoms with van der Waals surface area (Å²) >= 11 is 0. The molecule has 1 aliphatic rings. The zero-order chi connectivity index (χ0) is 13.2. The van der Waals surface area contributed by atoms with Crippen molar-refractivity contribution in [2.45, 2.75) is 38.0 Å². The minimum absolute atomic E-state index is 0.243. The van der Waals surface area contributed by atoms with Crippen LogP contribution in [0.5, 0.6) is 0 Å². The molecule has 1 aromatic rings. The molecule has 0 radical (unpaired) electrons. The van der Waals surface area contributed by atoms with E-state index < -0.39 is 10.1 Å². The van der Waals surface area contributed by atoms with E-state index in [1.807, 2.05) is 6.92 Å². The molecule has 1 fully saturated rings. The second kappa shape index (κ2) is 5.41. The lowest BCUT2D eigenvalue weighted by Gasteiger charge is -2.05. The Morgan fingerprint density at radius 2 is 1.89 bits per heavy atom. The van der Waals surface area contributed by atoms with E-state index in [1.165, 1.54) is 6.42 Å². The van der Waals surface area contributed by atoms with Gasteiger partial charge in [0, 0.05) is 0 Å². The second-order valence-corrected chi connectivity index (χ2v) is 6.82. The van der Waals surface area contributed by atoms with Crippen molar-refractivity contribution < 1.29 is 12.6 Å². The van der Waals surface area contributed by atoms with Crippen LogP contribution in [0.1, 0.15) is 31.7 Å². The first-order valence-electron chi connectivity index (χ1n) is 6.45. The molecule has 1 aliphatic carbocycles. The minimum atomic E-state index is -3.57. The van der Waals surface area contributed by atoms with Crippen LogP contribution in [0.3, 0.4) is 0 Å². The van der Waals surface area contributed by atoms with E-state index in [4.69, 9.17) is 4.18 Å². The highest BCUT2D eigenvalue weighted by Crippen LogP contribution is 2.41. The summed E-state index contributed by atoms with van der Waals surface area (Å²) in [5.74, 6) is 1.61. The van der Waals surface area contributed by atoms with Crippen LogP contribution in [-0.4, -0.2) is 15.0 Å². The first-order valence-corrected chi connectivity index (χ1v) is 7.86. The van der Waals surface area contributed by atoms with Gasteiger partial charge in [0.1, 0.15) is 0 Å². The first-order chi connectivity index (χ1) is 8.49. The molecule has 0 amide bonds. The summed E-state index contributed by atoms with van der Waals surface area (Å²) < 4.78 is 28.7. The largest absolute Gasteiger partial charge is 0.296 e. The minimum Gasteiger partial charge on any atom is -0.266 e. The standard InChI is InChI=1S/C14H20O3S/c1-11-5-7-14(8-6-11)18(15,16)17-9-3-4-13-10-12(13)2/h5-8,12-13H,3-4,9-10H2,1-2H3/t12-,13+/m1/s1. The fourth-order valence-corrected chi connectivity index (χ4v) is 3.03. The van der Waals surface area contributed by atoms with Crippen molar-refractivity contribution in [1.82, 2.24) is 0 Å². The summed E-state index contributed by atoms with van der Waals surface area (Å²) in [6.45, 7) is 4.45. The quantitative estimate of drug-likeness (QED) is 0.588. The maximum absolute atomic E-state index is 11.8. The van der Waals surface area contributed by atoms with E-state index in [9.17, 15) is 8.42 Å². The van der Waals surface area contributed by atoms with Gasteiger partial charge in [0.15, 0.2) is 0 Å². The van der Waals surface area contributed by atoms with E-state index in [0.29, 0.717) is 6.61 Å². The molecule has 0 saturated heterocycles. The molecule has 0 bridgehead atoms. The third-order valence-electron chi connectivity index (χ3n) is 3.54. The van der Waals surface area contributed by atoms with E-state index >= 15 is 0 Å². The lowest BCUT2D eigenvalue weighted by Crippen LogP contribution is -2.07. The Labute approximate surface area is 109 Å². The number of hydrogen-bond donors (Lipinski definition) is 0. The molecular formula is C14H20O3S. The first kappa shape index (κ1) is 13.6. The molecule has 3 nitrogen and oxygen atoms in total. The number of benzene rings is 1. The average Bonchev–Trinajstić information content (AvgIpc) is 3.02. The van der Waals surface area contributed by atoms with Crippen LogP contribution in [0.15, 0.2) is 29.2 Å². The van der Waals surface area contributed by atoms with Gasteiger partial charge in [-0.1, -0.05) is 24.6 Å². The predicted octanol–water partition coefficient (Wildman–Crippen LogP) is 3.14. The average molecular weight is 268 g/mol. The van der Waals surface area contributed by atoms with Crippen LogP contribution in [-0.2, 0) is 14.3 Å². The van der Waals surface area contributed by atoms with Gasteiger partial charge >= 0.3 is 0 Å². The zero-order valence-corrected chi connectivity index (χ0v) is 11.7. The molecule has 2 rings (SSSR count).